The first kappa shape index (κ1) is 13.7. The Kier molecular flexibility index (Phi) is 3.81. The highest BCUT2D eigenvalue weighted by atomic mass is 35.5. The van der Waals surface area contributed by atoms with E-state index in [0.717, 1.165) is 24.4 Å². The first-order chi connectivity index (χ1) is 9.70. The van der Waals surface area contributed by atoms with Crippen LogP contribution in [0.3, 0.4) is 0 Å². The molecule has 0 amide bonds. The minimum absolute atomic E-state index is 0.525. The van der Waals surface area contributed by atoms with Crippen molar-refractivity contribution < 1.29 is 5.11 Å². The number of hydrogen-bond acceptors (Lipinski definition) is 2. The normalized spacial score (nSPS) is 16.4. The number of aromatic nitrogens is 2. The van der Waals surface area contributed by atoms with Gasteiger partial charge in [-0.25, -0.2) is 0 Å². The van der Waals surface area contributed by atoms with Gasteiger partial charge in [0, 0.05) is 6.54 Å². The highest BCUT2D eigenvalue weighted by Crippen LogP contribution is 2.40. The number of aliphatic hydroxyl groups excluding tert-OH is 1. The molecule has 2 aromatic rings. The number of hydrogen-bond donors (Lipinski definition) is 1. The molecule has 20 heavy (non-hydrogen) atoms. The summed E-state index contributed by atoms with van der Waals surface area (Å²) in [5.74, 6) is 0.732. The van der Waals surface area contributed by atoms with Gasteiger partial charge in [-0.15, -0.1) is 0 Å². The highest BCUT2D eigenvalue weighted by molar-refractivity contribution is 6.31. The molecule has 0 radical (unpaired) electrons. The minimum atomic E-state index is -0.718. The number of aryl methyl sites for hydroxylation is 1. The molecule has 1 fully saturated rings. The predicted octanol–water partition coefficient (Wildman–Crippen LogP) is 3.91. The van der Waals surface area contributed by atoms with E-state index in [0.29, 0.717) is 10.7 Å². The van der Waals surface area contributed by atoms with Crippen LogP contribution in [0.15, 0.2) is 30.5 Å². The zero-order chi connectivity index (χ0) is 14.1. The molecule has 1 saturated carbocycles. The fourth-order valence-electron chi connectivity index (χ4n) is 2.56. The van der Waals surface area contributed by atoms with Crippen LogP contribution in [0.4, 0.5) is 0 Å². The summed E-state index contributed by atoms with van der Waals surface area (Å²) in [6, 6.07) is 8.23. The van der Waals surface area contributed by atoms with Crippen molar-refractivity contribution in [1.82, 2.24) is 9.78 Å². The van der Waals surface area contributed by atoms with Gasteiger partial charge in [-0.3, -0.25) is 4.68 Å². The molecule has 3 rings (SSSR count). The van der Waals surface area contributed by atoms with E-state index >= 15 is 0 Å². The van der Waals surface area contributed by atoms with Gasteiger partial charge >= 0.3 is 0 Å². The maximum absolute atomic E-state index is 10.6. The Balaban J connectivity index is 1.87. The lowest BCUT2D eigenvalue weighted by molar-refractivity contribution is 0.207. The molecule has 1 aliphatic carbocycles. The third-order valence-corrected chi connectivity index (χ3v) is 4.12. The van der Waals surface area contributed by atoms with Crippen molar-refractivity contribution in [3.8, 4) is 0 Å². The van der Waals surface area contributed by atoms with E-state index in [4.69, 9.17) is 11.6 Å². The molecule has 1 N–H and O–H groups in total. The molecule has 1 aromatic carbocycles. The fourth-order valence-corrected chi connectivity index (χ4v) is 2.80. The standard InChI is InChI=1S/C16H19ClN2O/c1-2-9-19-15(14(17)10-18-19)16(20)13-7-5-12(6-8-13)11-3-4-11/h5-8,10-11,16,20H,2-4,9H2,1H3. The highest BCUT2D eigenvalue weighted by Gasteiger charge is 2.24. The first-order valence-corrected chi connectivity index (χ1v) is 7.57. The van der Waals surface area contributed by atoms with Crippen LogP contribution in [-0.2, 0) is 6.54 Å². The molecular formula is C16H19ClN2O. The summed E-state index contributed by atoms with van der Waals surface area (Å²) in [5.41, 5.74) is 2.93. The van der Waals surface area contributed by atoms with E-state index < -0.39 is 6.10 Å². The van der Waals surface area contributed by atoms with Gasteiger partial charge in [-0.05, 0) is 36.3 Å². The van der Waals surface area contributed by atoms with E-state index in [1.807, 2.05) is 12.1 Å². The van der Waals surface area contributed by atoms with Gasteiger partial charge < -0.3 is 5.11 Å². The third-order valence-electron chi connectivity index (χ3n) is 3.83. The lowest BCUT2D eigenvalue weighted by Crippen LogP contribution is -2.10. The number of benzene rings is 1. The Morgan fingerprint density at radius 3 is 2.65 bits per heavy atom. The van der Waals surface area contributed by atoms with Gasteiger partial charge in [0.2, 0.25) is 0 Å². The molecule has 1 unspecified atom stereocenters. The summed E-state index contributed by atoms with van der Waals surface area (Å²) >= 11 is 6.17. The second-order valence-corrected chi connectivity index (χ2v) is 5.85. The van der Waals surface area contributed by atoms with Crippen LogP contribution in [0.1, 0.15) is 55.0 Å². The summed E-state index contributed by atoms with van der Waals surface area (Å²) < 4.78 is 1.79. The van der Waals surface area contributed by atoms with Gasteiger partial charge in [0.25, 0.3) is 0 Å². The third kappa shape index (κ3) is 2.60. The number of rotatable bonds is 5. The average Bonchev–Trinajstić information content (AvgIpc) is 3.24. The van der Waals surface area contributed by atoms with Gasteiger partial charge in [0.05, 0.1) is 16.9 Å². The summed E-state index contributed by atoms with van der Waals surface area (Å²) in [6.45, 7) is 2.84. The van der Waals surface area contributed by atoms with Gasteiger partial charge in [-0.2, -0.15) is 5.10 Å². The Hall–Kier alpha value is -1.32. The van der Waals surface area contributed by atoms with Crippen LogP contribution in [0.2, 0.25) is 5.02 Å². The monoisotopic (exact) mass is 290 g/mol. The Morgan fingerprint density at radius 2 is 2.05 bits per heavy atom. The second-order valence-electron chi connectivity index (χ2n) is 5.44. The van der Waals surface area contributed by atoms with Crippen molar-refractivity contribution in [2.75, 3.05) is 0 Å². The van der Waals surface area contributed by atoms with Crippen LogP contribution < -0.4 is 0 Å². The second kappa shape index (κ2) is 5.58. The van der Waals surface area contributed by atoms with Crippen LogP contribution >= 0.6 is 11.6 Å². The molecule has 3 nitrogen and oxygen atoms in total. The summed E-state index contributed by atoms with van der Waals surface area (Å²) in [6.07, 6.45) is 4.42. The van der Waals surface area contributed by atoms with Crippen molar-refractivity contribution in [3.05, 3.63) is 52.3 Å². The van der Waals surface area contributed by atoms with Gasteiger partial charge in [0.1, 0.15) is 6.10 Å². The smallest absolute Gasteiger partial charge is 0.122 e. The molecule has 0 bridgehead atoms. The molecule has 1 aliphatic rings. The van der Waals surface area contributed by atoms with Crippen LogP contribution in [0, 0.1) is 0 Å². The number of aliphatic hydroxyl groups is 1. The average molecular weight is 291 g/mol. The molecule has 1 aromatic heterocycles. The molecule has 1 atom stereocenters. The number of halogens is 1. The lowest BCUT2D eigenvalue weighted by atomic mass is 10.0. The van der Waals surface area contributed by atoms with Gasteiger partial charge in [0.15, 0.2) is 0 Å². The summed E-state index contributed by atoms with van der Waals surface area (Å²) in [4.78, 5) is 0. The van der Waals surface area contributed by atoms with Crippen molar-refractivity contribution >= 4 is 11.6 Å². The molecule has 4 heteroatoms. The molecule has 0 saturated heterocycles. The van der Waals surface area contributed by atoms with E-state index in [9.17, 15) is 5.11 Å². The Bertz CT molecular complexity index is 587. The summed E-state index contributed by atoms with van der Waals surface area (Å²) in [5, 5.41) is 15.3. The van der Waals surface area contributed by atoms with Crippen molar-refractivity contribution in [2.45, 2.75) is 44.8 Å². The molecule has 106 valence electrons. The largest absolute Gasteiger partial charge is 0.382 e. The quantitative estimate of drug-likeness (QED) is 0.907. The zero-order valence-electron chi connectivity index (χ0n) is 11.6. The maximum atomic E-state index is 10.6. The molecule has 1 heterocycles. The topological polar surface area (TPSA) is 38.0 Å². The van der Waals surface area contributed by atoms with Gasteiger partial charge in [-0.1, -0.05) is 42.8 Å². The molecule has 0 aliphatic heterocycles. The van der Waals surface area contributed by atoms with E-state index in [2.05, 4.69) is 24.2 Å². The van der Waals surface area contributed by atoms with E-state index in [1.165, 1.54) is 18.4 Å². The summed E-state index contributed by atoms with van der Waals surface area (Å²) in [7, 11) is 0. The Labute approximate surface area is 124 Å². The van der Waals surface area contributed by atoms with Crippen molar-refractivity contribution in [3.63, 3.8) is 0 Å². The zero-order valence-corrected chi connectivity index (χ0v) is 12.3. The number of nitrogens with zero attached hydrogens (tertiary/aromatic N) is 2. The lowest BCUT2D eigenvalue weighted by Gasteiger charge is -2.14. The van der Waals surface area contributed by atoms with Crippen molar-refractivity contribution in [1.29, 1.82) is 0 Å². The van der Waals surface area contributed by atoms with Crippen LogP contribution in [0.5, 0.6) is 0 Å². The molecular weight excluding hydrogens is 272 g/mol. The maximum Gasteiger partial charge on any atom is 0.122 e. The molecule has 0 spiro atoms. The van der Waals surface area contributed by atoms with Crippen LogP contribution in [-0.4, -0.2) is 14.9 Å². The SMILES string of the molecule is CCCn1ncc(Cl)c1C(O)c1ccc(C2CC2)cc1. The fraction of sp³-hybridized carbons (Fsp3) is 0.438. The van der Waals surface area contributed by atoms with E-state index in [1.54, 1.807) is 10.9 Å². The predicted molar refractivity (Wildman–Crippen MR) is 80.0 cm³/mol. The minimum Gasteiger partial charge on any atom is -0.382 e. The first-order valence-electron chi connectivity index (χ1n) is 7.19. The van der Waals surface area contributed by atoms with Crippen molar-refractivity contribution in [2.24, 2.45) is 0 Å². The van der Waals surface area contributed by atoms with E-state index in [-0.39, 0.29) is 0 Å². The Morgan fingerprint density at radius 1 is 1.35 bits per heavy atom. The van der Waals surface area contributed by atoms with Crippen LogP contribution in [0.25, 0.3) is 0 Å².